The van der Waals surface area contributed by atoms with Crippen LogP contribution in [-0.2, 0) is 23.0 Å². The molecule has 0 saturated heterocycles. The first-order chi connectivity index (χ1) is 12.8. The third kappa shape index (κ3) is 5.64. The third-order valence-corrected chi connectivity index (χ3v) is 5.24. The Labute approximate surface area is 162 Å². The zero-order chi connectivity index (χ0) is 20.0. The molecule has 1 atom stereocenters. The van der Waals surface area contributed by atoms with Crippen molar-refractivity contribution in [2.45, 2.75) is 30.7 Å². The second-order valence-electron chi connectivity index (χ2n) is 6.17. The van der Waals surface area contributed by atoms with Gasteiger partial charge >= 0.3 is 0 Å². The Morgan fingerprint density at radius 2 is 2.04 bits per heavy atom. The van der Waals surface area contributed by atoms with Crippen molar-refractivity contribution < 1.29 is 13.9 Å². The predicted octanol–water partition coefficient (Wildman–Crippen LogP) is 2.06. The average Bonchev–Trinajstić information content (AvgIpc) is 2.64. The number of aryl methyl sites for hydroxylation is 1. The molecule has 0 bridgehead atoms. The monoisotopic (exact) mass is 393 g/mol. The highest BCUT2D eigenvalue weighted by Gasteiger charge is 2.19. The van der Waals surface area contributed by atoms with Crippen molar-refractivity contribution in [2.75, 3.05) is 20.3 Å². The van der Waals surface area contributed by atoms with Crippen LogP contribution in [0.25, 0.3) is 0 Å². The largest absolute Gasteiger partial charge is 0.383 e. The molecule has 1 unspecified atom stereocenters. The Hall–Kier alpha value is -2.19. The molecule has 0 radical (unpaired) electrons. The van der Waals surface area contributed by atoms with E-state index in [2.05, 4.69) is 10.3 Å². The number of hydrogen-bond acceptors (Lipinski definition) is 5. The molecule has 8 heteroatoms. The Morgan fingerprint density at radius 3 is 2.67 bits per heavy atom. The zero-order valence-corrected chi connectivity index (χ0v) is 16.7. The molecular formula is C19H24FN3O3S. The van der Waals surface area contributed by atoms with Crippen LogP contribution in [0.5, 0.6) is 0 Å². The van der Waals surface area contributed by atoms with Crippen molar-refractivity contribution in [1.82, 2.24) is 14.9 Å². The van der Waals surface area contributed by atoms with E-state index in [9.17, 15) is 14.0 Å². The second kappa shape index (κ2) is 9.66. The van der Waals surface area contributed by atoms with Gasteiger partial charge in [-0.3, -0.25) is 14.2 Å². The lowest BCUT2D eigenvalue weighted by molar-refractivity contribution is -0.120. The standard InChI is InChI=1S/C19H24FN3O3S/c1-12-16(11-14-5-7-15(20)8-6-14)18(25)23(3)19(22-12)27-13(2)17(24)21-9-10-26-4/h5-8,13H,9-11H2,1-4H3,(H,21,24). The van der Waals surface area contributed by atoms with Crippen molar-refractivity contribution in [1.29, 1.82) is 0 Å². The zero-order valence-electron chi connectivity index (χ0n) is 15.9. The molecule has 1 amide bonds. The second-order valence-corrected chi connectivity index (χ2v) is 7.48. The highest BCUT2D eigenvalue weighted by molar-refractivity contribution is 8.00. The lowest BCUT2D eigenvalue weighted by Crippen LogP contribution is -2.34. The van der Waals surface area contributed by atoms with E-state index >= 15 is 0 Å². The lowest BCUT2D eigenvalue weighted by Gasteiger charge is -2.15. The van der Waals surface area contributed by atoms with Gasteiger partial charge in [0.1, 0.15) is 5.82 Å². The average molecular weight is 393 g/mol. The molecule has 6 nitrogen and oxygen atoms in total. The number of rotatable bonds is 8. The van der Waals surface area contributed by atoms with Gasteiger partial charge in [0.2, 0.25) is 5.91 Å². The Kier molecular flexibility index (Phi) is 7.55. The van der Waals surface area contributed by atoms with Crippen LogP contribution in [0.4, 0.5) is 4.39 Å². The molecule has 2 rings (SSSR count). The summed E-state index contributed by atoms with van der Waals surface area (Å²) in [6.45, 7) is 4.41. The van der Waals surface area contributed by atoms with E-state index in [1.165, 1.54) is 28.5 Å². The maximum Gasteiger partial charge on any atom is 0.257 e. The summed E-state index contributed by atoms with van der Waals surface area (Å²) in [6.07, 6.45) is 0.379. The van der Waals surface area contributed by atoms with Crippen LogP contribution in [0, 0.1) is 12.7 Å². The van der Waals surface area contributed by atoms with Gasteiger partial charge < -0.3 is 10.1 Å². The summed E-state index contributed by atoms with van der Waals surface area (Å²) >= 11 is 1.23. The van der Waals surface area contributed by atoms with Crippen LogP contribution in [0.2, 0.25) is 0 Å². The summed E-state index contributed by atoms with van der Waals surface area (Å²) in [6, 6.07) is 6.06. The Balaban J connectivity index is 2.17. The SMILES string of the molecule is COCCNC(=O)C(C)Sc1nc(C)c(Cc2ccc(F)cc2)c(=O)n1C. The van der Waals surface area contributed by atoms with Crippen LogP contribution >= 0.6 is 11.8 Å². The van der Waals surface area contributed by atoms with Gasteiger partial charge in [-0.05, 0) is 31.5 Å². The van der Waals surface area contributed by atoms with Gasteiger partial charge in [0.25, 0.3) is 5.56 Å². The molecule has 146 valence electrons. The summed E-state index contributed by atoms with van der Waals surface area (Å²) in [4.78, 5) is 29.4. The Morgan fingerprint density at radius 1 is 1.37 bits per heavy atom. The van der Waals surface area contributed by atoms with E-state index in [1.54, 1.807) is 40.1 Å². The number of amides is 1. The van der Waals surface area contributed by atoms with Gasteiger partial charge in [0.05, 0.1) is 11.9 Å². The topological polar surface area (TPSA) is 73.2 Å². The van der Waals surface area contributed by atoms with Gasteiger partial charge in [-0.25, -0.2) is 9.37 Å². The first-order valence-corrected chi connectivity index (χ1v) is 9.45. The summed E-state index contributed by atoms with van der Waals surface area (Å²) in [7, 11) is 3.21. The van der Waals surface area contributed by atoms with Crippen molar-refractivity contribution in [3.63, 3.8) is 0 Å². The molecule has 1 aromatic heterocycles. The number of nitrogens with one attached hydrogen (secondary N) is 1. The molecule has 27 heavy (non-hydrogen) atoms. The van der Waals surface area contributed by atoms with Gasteiger partial charge in [0.15, 0.2) is 5.16 Å². The van der Waals surface area contributed by atoms with Crippen LogP contribution < -0.4 is 10.9 Å². The van der Waals surface area contributed by atoms with Gasteiger partial charge in [-0.15, -0.1) is 0 Å². The molecule has 1 aromatic carbocycles. The number of methoxy groups -OCH3 is 1. The maximum atomic E-state index is 13.1. The first-order valence-electron chi connectivity index (χ1n) is 8.57. The molecule has 1 N–H and O–H groups in total. The number of thioether (sulfide) groups is 1. The third-order valence-electron chi connectivity index (χ3n) is 4.10. The number of halogens is 1. The lowest BCUT2D eigenvalue weighted by atomic mass is 10.1. The maximum absolute atomic E-state index is 13.1. The number of nitrogens with zero attached hydrogens (tertiary/aromatic N) is 2. The van der Waals surface area contributed by atoms with E-state index in [1.807, 2.05) is 0 Å². The number of aromatic nitrogens is 2. The smallest absolute Gasteiger partial charge is 0.257 e. The van der Waals surface area contributed by atoms with E-state index in [0.717, 1.165) is 5.56 Å². The number of carbonyl (C=O) groups excluding carboxylic acids is 1. The molecule has 2 aromatic rings. The molecule has 0 aliphatic carbocycles. The predicted molar refractivity (Wildman–Crippen MR) is 104 cm³/mol. The quantitative estimate of drug-likeness (QED) is 0.422. The normalized spacial score (nSPS) is 12.0. The van der Waals surface area contributed by atoms with E-state index in [4.69, 9.17) is 4.74 Å². The summed E-state index contributed by atoms with van der Waals surface area (Å²) in [5, 5.41) is 2.85. The molecule has 0 fully saturated rings. The van der Waals surface area contributed by atoms with E-state index in [-0.39, 0.29) is 17.3 Å². The molecule has 0 saturated carbocycles. The van der Waals surface area contributed by atoms with Crippen molar-refractivity contribution in [3.05, 3.63) is 57.3 Å². The molecule has 0 aliphatic heterocycles. The molecule has 0 spiro atoms. The number of benzene rings is 1. The van der Waals surface area contributed by atoms with Crippen molar-refractivity contribution in [3.8, 4) is 0 Å². The fraction of sp³-hybridized carbons (Fsp3) is 0.421. The summed E-state index contributed by atoms with van der Waals surface area (Å²) in [5.74, 6) is -0.453. The fourth-order valence-electron chi connectivity index (χ4n) is 2.48. The number of hydrogen-bond donors (Lipinski definition) is 1. The van der Waals surface area contributed by atoms with Crippen LogP contribution in [0.3, 0.4) is 0 Å². The summed E-state index contributed by atoms with van der Waals surface area (Å²) in [5.41, 5.74) is 1.84. The van der Waals surface area contributed by atoms with Gasteiger partial charge in [0, 0.05) is 38.4 Å². The molecular weight excluding hydrogens is 369 g/mol. The van der Waals surface area contributed by atoms with Gasteiger partial charge in [-0.2, -0.15) is 0 Å². The van der Waals surface area contributed by atoms with Crippen LogP contribution in [0.15, 0.2) is 34.2 Å². The number of ether oxygens (including phenoxy) is 1. The fourth-order valence-corrected chi connectivity index (χ4v) is 3.41. The first kappa shape index (κ1) is 21.1. The molecule has 0 aliphatic rings. The highest BCUT2D eigenvalue weighted by atomic mass is 32.2. The molecule has 1 heterocycles. The van der Waals surface area contributed by atoms with E-state index < -0.39 is 5.25 Å². The summed E-state index contributed by atoms with van der Waals surface area (Å²) < 4.78 is 19.4. The van der Waals surface area contributed by atoms with Crippen molar-refractivity contribution in [2.24, 2.45) is 7.05 Å². The number of carbonyl (C=O) groups is 1. The van der Waals surface area contributed by atoms with Crippen LogP contribution in [0.1, 0.15) is 23.7 Å². The van der Waals surface area contributed by atoms with Crippen molar-refractivity contribution >= 4 is 17.7 Å². The minimum Gasteiger partial charge on any atom is -0.383 e. The minimum atomic E-state index is -0.401. The van der Waals surface area contributed by atoms with E-state index in [0.29, 0.717) is 36.0 Å². The Bertz CT molecular complexity index is 853. The van der Waals surface area contributed by atoms with Gasteiger partial charge in [-0.1, -0.05) is 23.9 Å². The minimum absolute atomic E-state index is 0.139. The van der Waals surface area contributed by atoms with Crippen LogP contribution in [-0.4, -0.2) is 41.0 Å². The highest BCUT2D eigenvalue weighted by Crippen LogP contribution is 2.21.